The highest BCUT2D eigenvalue weighted by atomic mass is 32.2. The Hall–Kier alpha value is -2.42. The molecule has 0 amide bonds. The number of carbonyl (C=O) groups excluding carboxylic acids is 1. The molecule has 1 N–H and O–H groups in total. The fraction of sp³-hybridized carbons (Fsp3) is 0.409. The number of rotatable bonds is 8. The van der Waals surface area contributed by atoms with E-state index < -0.39 is 16.0 Å². The van der Waals surface area contributed by atoms with E-state index in [1.807, 2.05) is 6.07 Å². The van der Waals surface area contributed by atoms with Gasteiger partial charge in [-0.15, -0.1) is 0 Å². The Morgan fingerprint density at radius 2 is 1.77 bits per heavy atom. The minimum atomic E-state index is -3.62. The average molecular weight is 432 g/mol. The molecule has 0 spiro atoms. The van der Waals surface area contributed by atoms with Crippen molar-refractivity contribution in [3.05, 3.63) is 59.7 Å². The number of hydrogen-bond donors (Lipinski definition) is 1. The van der Waals surface area contributed by atoms with Gasteiger partial charge >= 0.3 is 5.97 Å². The fourth-order valence-electron chi connectivity index (χ4n) is 3.65. The zero-order chi connectivity index (χ0) is 21.6. The minimum Gasteiger partial charge on any atom is -0.465 e. The molecule has 8 heteroatoms. The molecule has 0 aromatic heterocycles. The number of esters is 1. The summed E-state index contributed by atoms with van der Waals surface area (Å²) in [6, 6.07) is 14.8. The van der Waals surface area contributed by atoms with Crippen molar-refractivity contribution >= 4 is 21.7 Å². The first-order valence-corrected chi connectivity index (χ1v) is 11.6. The standard InChI is InChI=1S/C22H29N3O4S/c1-18-17-19(22(26)29-2)9-10-21(18)30(27,28)23-11-6-12-24-13-15-25(16-14-24)20-7-4-3-5-8-20/h3-5,7-10,17,23H,6,11-16H2,1-2H3. The minimum absolute atomic E-state index is 0.187. The number of methoxy groups -OCH3 is 1. The van der Waals surface area contributed by atoms with Crippen LogP contribution in [0.4, 0.5) is 5.69 Å². The second kappa shape index (κ2) is 10.1. The number of sulfonamides is 1. The number of piperazine rings is 1. The van der Waals surface area contributed by atoms with Gasteiger partial charge in [0, 0.05) is 38.4 Å². The van der Waals surface area contributed by atoms with Crippen molar-refractivity contribution in [2.45, 2.75) is 18.2 Å². The van der Waals surface area contributed by atoms with Gasteiger partial charge in [0.15, 0.2) is 0 Å². The molecule has 0 aliphatic carbocycles. The number of nitrogens with one attached hydrogen (secondary N) is 1. The van der Waals surface area contributed by atoms with Gasteiger partial charge in [0.1, 0.15) is 0 Å². The third-order valence-electron chi connectivity index (χ3n) is 5.32. The van der Waals surface area contributed by atoms with Crippen molar-refractivity contribution in [2.75, 3.05) is 51.3 Å². The smallest absolute Gasteiger partial charge is 0.337 e. The highest BCUT2D eigenvalue weighted by Gasteiger charge is 2.19. The Kier molecular flexibility index (Phi) is 7.47. The van der Waals surface area contributed by atoms with Crippen LogP contribution in [0.2, 0.25) is 0 Å². The van der Waals surface area contributed by atoms with Crippen molar-refractivity contribution in [3.63, 3.8) is 0 Å². The van der Waals surface area contributed by atoms with Crippen molar-refractivity contribution < 1.29 is 17.9 Å². The van der Waals surface area contributed by atoms with E-state index in [4.69, 9.17) is 0 Å². The van der Waals surface area contributed by atoms with Gasteiger partial charge in [0.25, 0.3) is 0 Å². The Morgan fingerprint density at radius 1 is 1.07 bits per heavy atom. The normalized spacial score (nSPS) is 15.2. The van der Waals surface area contributed by atoms with Crippen LogP contribution in [-0.4, -0.2) is 65.7 Å². The van der Waals surface area contributed by atoms with Crippen LogP contribution in [0.3, 0.4) is 0 Å². The maximum absolute atomic E-state index is 12.6. The quantitative estimate of drug-likeness (QED) is 0.510. The van der Waals surface area contributed by atoms with Gasteiger partial charge in [0.2, 0.25) is 10.0 Å². The SMILES string of the molecule is COC(=O)c1ccc(S(=O)(=O)NCCCN2CCN(c3ccccc3)CC2)c(C)c1. The van der Waals surface area contributed by atoms with Crippen molar-refractivity contribution in [1.29, 1.82) is 0 Å². The predicted octanol–water partition coefficient (Wildman–Crippen LogP) is 2.27. The number of carbonyl (C=O) groups is 1. The molecule has 1 heterocycles. The maximum atomic E-state index is 12.6. The molecule has 162 valence electrons. The van der Waals surface area contributed by atoms with Gasteiger partial charge in [-0.2, -0.15) is 0 Å². The molecule has 1 fully saturated rings. The van der Waals surface area contributed by atoms with Crippen LogP contribution in [0.1, 0.15) is 22.3 Å². The molecular weight excluding hydrogens is 402 g/mol. The maximum Gasteiger partial charge on any atom is 0.337 e. The molecule has 0 unspecified atom stereocenters. The van der Waals surface area contributed by atoms with Gasteiger partial charge in [0.05, 0.1) is 17.6 Å². The summed E-state index contributed by atoms with van der Waals surface area (Å²) in [4.78, 5) is 16.5. The van der Waals surface area contributed by atoms with Gasteiger partial charge < -0.3 is 9.64 Å². The zero-order valence-electron chi connectivity index (χ0n) is 17.5. The first-order chi connectivity index (χ1) is 14.4. The first-order valence-electron chi connectivity index (χ1n) is 10.1. The van der Waals surface area contributed by atoms with Crippen molar-refractivity contribution in [2.24, 2.45) is 0 Å². The Labute approximate surface area is 178 Å². The number of benzene rings is 2. The third kappa shape index (κ3) is 5.59. The third-order valence-corrected chi connectivity index (χ3v) is 6.94. The van der Waals surface area contributed by atoms with Gasteiger partial charge in [-0.1, -0.05) is 18.2 Å². The lowest BCUT2D eigenvalue weighted by atomic mass is 10.1. The van der Waals surface area contributed by atoms with Crippen LogP contribution in [0.15, 0.2) is 53.4 Å². The van der Waals surface area contributed by atoms with Gasteiger partial charge in [-0.05, 0) is 55.8 Å². The molecule has 1 aliphatic rings. The monoisotopic (exact) mass is 431 g/mol. The second-order valence-electron chi connectivity index (χ2n) is 7.39. The van der Waals surface area contributed by atoms with E-state index >= 15 is 0 Å². The Morgan fingerprint density at radius 3 is 2.40 bits per heavy atom. The predicted molar refractivity (Wildman–Crippen MR) is 117 cm³/mol. The molecule has 7 nitrogen and oxygen atoms in total. The van der Waals surface area contributed by atoms with Crippen molar-refractivity contribution in [1.82, 2.24) is 9.62 Å². The molecule has 2 aromatic rings. The molecule has 0 bridgehead atoms. The summed E-state index contributed by atoms with van der Waals surface area (Å²) < 4.78 is 32.6. The summed E-state index contributed by atoms with van der Waals surface area (Å²) in [5.74, 6) is -0.484. The summed E-state index contributed by atoms with van der Waals surface area (Å²) in [7, 11) is -2.32. The van der Waals surface area contributed by atoms with Crippen LogP contribution >= 0.6 is 0 Å². The highest BCUT2D eigenvalue weighted by Crippen LogP contribution is 2.18. The van der Waals surface area contributed by atoms with Crippen molar-refractivity contribution in [3.8, 4) is 0 Å². The number of aryl methyl sites for hydroxylation is 1. The average Bonchev–Trinajstić information content (AvgIpc) is 2.77. The lowest BCUT2D eigenvalue weighted by Gasteiger charge is -2.36. The second-order valence-corrected chi connectivity index (χ2v) is 9.12. The van der Waals surface area contributed by atoms with Gasteiger partial charge in [-0.3, -0.25) is 4.90 Å². The lowest BCUT2D eigenvalue weighted by molar-refractivity contribution is 0.0600. The molecule has 0 radical (unpaired) electrons. The lowest BCUT2D eigenvalue weighted by Crippen LogP contribution is -2.47. The molecule has 30 heavy (non-hydrogen) atoms. The van der Waals surface area contributed by atoms with Crippen LogP contribution in [0, 0.1) is 6.92 Å². The molecular formula is C22H29N3O4S. The summed E-state index contributed by atoms with van der Waals surface area (Å²) in [5.41, 5.74) is 2.10. The first kappa shape index (κ1) is 22.3. The number of para-hydroxylation sites is 1. The summed E-state index contributed by atoms with van der Waals surface area (Å²) in [6.45, 7) is 6.78. The van der Waals surface area contributed by atoms with Gasteiger partial charge in [-0.25, -0.2) is 17.9 Å². The number of nitrogens with zero attached hydrogens (tertiary/aromatic N) is 2. The summed E-state index contributed by atoms with van der Waals surface area (Å²) >= 11 is 0. The van der Waals surface area contributed by atoms with Crippen LogP contribution in [0.5, 0.6) is 0 Å². The van der Waals surface area contributed by atoms with Crippen LogP contribution in [-0.2, 0) is 14.8 Å². The van der Waals surface area contributed by atoms with E-state index in [1.54, 1.807) is 6.92 Å². The molecule has 1 aliphatic heterocycles. The molecule has 0 saturated carbocycles. The molecule has 0 atom stereocenters. The fourth-order valence-corrected chi connectivity index (χ4v) is 4.95. The van der Waals surface area contributed by atoms with Crippen LogP contribution in [0.25, 0.3) is 0 Å². The number of hydrogen-bond acceptors (Lipinski definition) is 6. The summed E-state index contributed by atoms with van der Waals surface area (Å²) in [5, 5.41) is 0. The van der Waals surface area contributed by atoms with E-state index in [-0.39, 0.29) is 4.90 Å². The highest BCUT2D eigenvalue weighted by molar-refractivity contribution is 7.89. The van der Waals surface area contributed by atoms with E-state index in [0.29, 0.717) is 17.7 Å². The largest absolute Gasteiger partial charge is 0.465 e. The molecule has 1 saturated heterocycles. The Bertz CT molecular complexity index is 956. The van der Waals surface area contributed by atoms with E-state index in [2.05, 4.69) is 43.5 Å². The Balaban J connectivity index is 1.45. The van der Waals surface area contributed by atoms with E-state index in [1.165, 1.54) is 31.0 Å². The van der Waals surface area contributed by atoms with Crippen LogP contribution < -0.4 is 9.62 Å². The zero-order valence-corrected chi connectivity index (χ0v) is 18.3. The topological polar surface area (TPSA) is 78.9 Å². The van der Waals surface area contributed by atoms with E-state index in [9.17, 15) is 13.2 Å². The summed E-state index contributed by atoms with van der Waals surface area (Å²) in [6.07, 6.45) is 0.740. The molecule has 2 aromatic carbocycles. The number of ether oxygens (including phenoxy) is 1. The number of anilines is 1. The molecule has 3 rings (SSSR count). The van der Waals surface area contributed by atoms with E-state index in [0.717, 1.165) is 39.1 Å².